The highest BCUT2D eigenvalue weighted by Gasteiger charge is 2.11. The Hall–Kier alpha value is -2.07. The van der Waals surface area contributed by atoms with E-state index in [4.69, 9.17) is 8.83 Å². The average molecular weight is 242 g/mol. The number of para-hydroxylation sites is 1. The Kier molecular flexibility index (Phi) is 2.86. The molecular formula is C14H14N2O2. The summed E-state index contributed by atoms with van der Waals surface area (Å²) in [5.74, 6) is 1.19. The SMILES string of the molecule is CCNCc1coc(-c2cc3ccccc3o2)n1. The van der Waals surface area contributed by atoms with Crippen LogP contribution >= 0.6 is 0 Å². The van der Waals surface area contributed by atoms with Crippen molar-refractivity contribution in [3.8, 4) is 11.7 Å². The van der Waals surface area contributed by atoms with Gasteiger partial charge < -0.3 is 14.2 Å². The quantitative estimate of drug-likeness (QED) is 0.763. The van der Waals surface area contributed by atoms with Gasteiger partial charge in [-0.05, 0) is 18.7 Å². The van der Waals surface area contributed by atoms with Crippen molar-refractivity contribution in [2.24, 2.45) is 0 Å². The van der Waals surface area contributed by atoms with E-state index in [0.29, 0.717) is 18.2 Å². The summed E-state index contributed by atoms with van der Waals surface area (Å²) in [5.41, 5.74) is 1.73. The van der Waals surface area contributed by atoms with Gasteiger partial charge in [-0.15, -0.1) is 0 Å². The molecular weight excluding hydrogens is 228 g/mol. The highest BCUT2D eigenvalue weighted by Crippen LogP contribution is 2.26. The fraction of sp³-hybridized carbons (Fsp3) is 0.214. The standard InChI is InChI=1S/C14H14N2O2/c1-2-15-8-11-9-17-14(16-11)13-7-10-5-3-4-6-12(10)18-13/h3-7,9,15H,2,8H2,1H3. The fourth-order valence-corrected chi connectivity index (χ4v) is 1.84. The van der Waals surface area contributed by atoms with E-state index in [1.165, 1.54) is 0 Å². The summed E-state index contributed by atoms with van der Waals surface area (Å²) in [5, 5.41) is 4.26. The molecule has 0 saturated carbocycles. The van der Waals surface area contributed by atoms with Crippen LogP contribution in [-0.4, -0.2) is 11.5 Å². The molecule has 18 heavy (non-hydrogen) atoms. The van der Waals surface area contributed by atoms with Gasteiger partial charge in [-0.25, -0.2) is 4.98 Å². The number of nitrogens with zero attached hydrogens (tertiary/aromatic N) is 1. The molecule has 3 rings (SSSR count). The van der Waals surface area contributed by atoms with E-state index < -0.39 is 0 Å². The second kappa shape index (κ2) is 4.66. The van der Waals surface area contributed by atoms with Gasteiger partial charge in [0.05, 0.1) is 5.69 Å². The monoisotopic (exact) mass is 242 g/mol. The van der Waals surface area contributed by atoms with Crippen molar-refractivity contribution in [3.63, 3.8) is 0 Å². The smallest absolute Gasteiger partial charge is 0.263 e. The lowest BCUT2D eigenvalue weighted by molar-refractivity contribution is 0.533. The number of nitrogens with one attached hydrogen (secondary N) is 1. The Morgan fingerprint density at radius 2 is 2.17 bits per heavy atom. The third-order valence-electron chi connectivity index (χ3n) is 2.74. The first kappa shape index (κ1) is 11.0. The molecule has 0 unspecified atom stereocenters. The molecule has 0 amide bonds. The lowest BCUT2D eigenvalue weighted by atomic mass is 10.2. The number of furan rings is 1. The molecule has 0 fully saturated rings. The molecule has 0 aliphatic carbocycles. The molecule has 1 N–H and O–H groups in total. The predicted molar refractivity (Wildman–Crippen MR) is 69.1 cm³/mol. The van der Waals surface area contributed by atoms with Gasteiger partial charge in [0, 0.05) is 11.9 Å². The van der Waals surface area contributed by atoms with Crippen LogP contribution in [0.5, 0.6) is 0 Å². The largest absolute Gasteiger partial charge is 0.451 e. The molecule has 4 heteroatoms. The maximum atomic E-state index is 5.70. The number of benzene rings is 1. The molecule has 0 radical (unpaired) electrons. The Morgan fingerprint density at radius 3 is 3.00 bits per heavy atom. The van der Waals surface area contributed by atoms with Gasteiger partial charge in [-0.2, -0.15) is 0 Å². The van der Waals surface area contributed by atoms with Crippen molar-refractivity contribution >= 4 is 11.0 Å². The van der Waals surface area contributed by atoms with Crippen molar-refractivity contribution in [2.75, 3.05) is 6.54 Å². The highest BCUT2D eigenvalue weighted by atomic mass is 16.4. The number of fused-ring (bicyclic) bond motifs is 1. The van der Waals surface area contributed by atoms with Gasteiger partial charge >= 0.3 is 0 Å². The molecule has 4 nitrogen and oxygen atoms in total. The zero-order chi connectivity index (χ0) is 12.4. The van der Waals surface area contributed by atoms with Crippen LogP contribution in [-0.2, 0) is 6.54 Å². The Labute approximate surface area is 105 Å². The zero-order valence-electron chi connectivity index (χ0n) is 10.1. The van der Waals surface area contributed by atoms with Gasteiger partial charge in [0.25, 0.3) is 5.89 Å². The zero-order valence-corrected chi connectivity index (χ0v) is 10.1. The molecule has 2 heterocycles. The minimum absolute atomic E-state index is 0.527. The van der Waals surface area contributed by atoms with Crippen LogP contribution in [0.3, 0.4) is 0 Å². The summed E-state index contributed by atoms with van der Waals surface area (Å²) < 4.78 is 11.1. The van der Waals surface area contributed by atoms with Crippen molar-refractivity contribution in [1.82, 2.24) is 10.3 Å². The van der Waals surface area contributed by atoms with Gasteiger partial charge in [0.1, 0.15) is 11.8 Å². The van der Waals surface area contributed by atoms with Crippen molar-refractivity contribution in [2.45, 2.75) is 13.5 Å². The number of hydrogen-bond acceptors (Lipinski definition) is 4. The summed E-state index contributed by atoms with van der Waals surface area (Å²) in [6.45, 7) is 3.67. The molecule has 0 atom stereocenters. The first-order chi connectivity index (χ1) is 8.86. The highest BCUT2D eigenvalue weighted by molar-refractivity contribution is 5.81. The Bertz CT molecular complexity index is 621. The number of oxazole rings is 1. The van der Waals surface area contributed by atoms with Crippen molar-refractivity contribution in [1.29, 1.82) is 0 Å². The van der Waals surface area contributed by atoms with Crippen LogP contribution in [0, 0.1) is 0 Å². The lowest BCUT2D eigenvalue weighted by Gasteiger charge is -1.93. The minimum atomic E-state index is 0.527. The first-order valence-electron chi connectivity index (χ1n) is 6.01. The molecule has 0 bridgehead atoms. The third-order valence-corrected chi connectivity index (χ3v) is 2.74. The molecule has 3 aromatic rings. The van der Waals surface area contributed by atoms with Gasteiger partial charge in [0.2, 0.25) is 0 Å². The maximum Gasteiger partial charge on any atom is 0.263 e. The van der Waals surface area contributed by atoms with E-state index in [1.807, 2.05) is 30.3 Å². The summed E-state index contributed by atoms with van der Waals surface area (Å²) >= 11 is 0. The van der Waals surface area contributed by atoms with E-state index in [0.717, 1.165) is 23.2 Å². The summed E-state index contributed by atoms with van der Waals surface area (Å²) in [6, 6.07) is 9.81. The summed E-state index contributed by atoms with van der Waals surface area (Å²) in [4.78, 5) is 4.39. The summed E-state index contributed by atoms with van der Waals surface area (Å²) in [6.07, 6.45) is 1.66. The second-order valence-electron chi connectivity index (χ2n) is 4.07. The molecule has 0 aliphatic rings. The molecule has 1 aromatic carbocycles. The van der Waals surface area contributed by atoms with Crippen molar-refractivity contribution < 1.29 is 8.83 Å². The predicted octanol–water partition coefficient (Wildman–Crippen LogP) is 3.20. The second-order valence-corrected chi connectivity index (χ2v) is 4.07. The maximum absolute atomic E-state index is 5.70. The molecule has 92 valence electrons. The van der Waals surface area contributed by atoms with Crippen molar-refractivity contribution in [3.05, 3.63) is 42.3 Å². The van der Waals surface area contributed by atoms with Crippen LogP contribution in [0.1, 0.15) is 12.6 Å². The molecule has 0 spiro atoms. The average Bonchev–Trinajstić information content (AvgIpc) is 3.02. The molecule has 2 aromatic heterocycles. The number of rotatable bonds is 4. The Morgan fingerprint density at radius 1 is 1.28 bits per heavy atom. The van der Waals surface area contributed by atoms with Gasteiger partial charge in [-0.3, -0.25) is 0 Å². The summed E-state index contributed by atoms with van der Waals surface area (Å²) in [7, 11) is 0. The third kappa shape index (κ3) is 2.02. The number of aromatic nitrogens is 1. The van der Waals surface area contributed by atoms with E-state index in [9.17, 15) is 0 Å². The van der Waals surface area contributed by atoms with Crippen LogP contribution in [0.15, 0.2) is 45.4 Å². The lowest BCUT2D eigenvalue weighted by Crippen LogP contribution is -2.11. The number of hydrogen-bond donors (Lipinski definition) is 1. The van der Waals surface area contributed by atoms with E-state index in [2.05, 4.69) is 17.2 Å². The van der Waals surface area contributed by atoms with Gasteiger partial charge in [0.15, 0.2) is 5.76 Å². The van der Waals surface area contributed by atoms with E-state index >= 15 is 0 Å². The van der Waals surface area contributed by atoms with Crippen LogP contribution in [0.4, 0.5) is 0 Å². The van der Waals surface area contributed by atoms with Crippen LogP contribution < -0.4 is 5.32 Å². The van der Waals surface area contributed by atoms with E-state index in [-0.39, 0.29) is 0 Å². The van der Waals surface area contributed by atoms with Crippen LogP contribution in [0.2, 0.25) is 0 Å². The minimum Gasteiger partial charge on any atom is -0.451 e. The normalized spacial score (nSPS) is 11.2. The Balaban J connectivity index is 1.91. The topological polar surface area (TPSA) is 51.2 Å². The van der Waals surface area contributed by atoms with Gasteiger partial charge in [-0.1, -0.05) is 25.1 Å². The first-order valence-corrected chi connectivity index (χ1v) is 6.01. The molecule has 0 aliphatic heterocycles. The van der Waals surface area contributed by atoms with Crippen LogP contribution in [0.25, 0.3) is 22.6 Å². The molecule has 0 saturated heterocycles. The fourth-order valence-electron chi connectivity index (χ4n) is 1.84. The van der Waals surface area contributed by atoms with E-state index in [1.54, 1.807) is 6.26 Å².